The van der Waals surface area contributed by atoms with Crippen molar-refractivity contribution < 1.29 is 4.79 Å². The molecule has 1 aliphatic heterocycles. The first-order valence-corrected chi connectivity index (χ1v) is 8.11. The highest BCUT2D eigenvalue weighted by atomic mass is 35.5. The fourth-order valence-corrected chi connectivity index (χ4v) is 2.83. The van der Waals surface area contributed by atoms with Crippen LogP contribution in [0.1, 0.15) is 44.6 Å². The number of carbonyl (C=O) groups is 1. The Morgan fingerprint density at radius 1 is 1.33 bits per heavy atom. The topological polar surface area (TPSA) is 58.1 Å². The maximum absolute atomic E-state index is 12.1. The standard InChI is InChI=1S/C15H23ClN4O/c1-2-6-12-14(16)18-11-19-15(12)17-8-7-13(21)20-9-4-3-5-10-20/h11H,2-10H2,1H3,(H,17,18,19). The van der Waals surface area contributed by atoms with Crippen molar-refractivity contribution in [2.75, 3.05) is 25.0 Å². The number of anilines is 1. The van der Waals surface area contributed by atoms with Crippen LogP contribution in [0.2, 0.25) is 5.15 Å². The van der Waals surface area contributed by atoms with Crippen LogP contribution in [-0.4, -0.2) is 40.4 Å². The molecule has 0 saturated carbocycles. The lowest BCUT2D eigenvalue weighted by atomic mass is 10.1. The molecular weight excluding hydrogens is 288 g/mol. The molecule has 0 radical (unpaired) electrons. The Bertz CT molecular complexity index is 475. The summed E-state index contributed by atoms with van der Waals surface area (Å²) < 4.78 is 0. The van der Waals surface area contributed by atoms with Crippen molar-refractivity contribution in [2.24, 2.45) is 0 Å². The van der Waals surface area contributed by atoms with Crippen LogP contribution in [0.15, 0.2) is 6.33 Å². The average Bonchev–Trinajstić information content (AvgIpc) is 2.51. The molecular formula is C15H23ClN4O. The van der Waals surface area contributed by atoms with Crippen molar-refractivity contribution in [1.29, 1.82) is 0 Å². The fraction of sp³-hybridized carbons (Fsp3) is 0.667. The van der Waals surface area contributed by atoms with Crippen LogP contribution in [0.4, 0.5) is 5.82 Å². The Kier molecular flexibility index (Phi) is 6.23. The van der Waals surface area contributed by atoms with Gasteiger partial charge in [-0.3, -0.25) is 4.79 Å². The molecule has 0 unspecified atom stereocenters. The van der Waals surface area contributed by atoms with Crippen LogP contribution >= 0.6 is 11.6 Å². The third-order valence-electron chi connectivity index (χ3n) is 3.73. The zero-order valence-corrected chi connectivity index (χ0v) is 13.3. The van der Waals surface area contributed by atoms with Gasteiger partial charge in [0.15, 0.2) is 0 Å². The second kappa shape index (κ2) is 8.17. The Hall–Kier alpha value is -1.36. The van der Waals surface area contributed by atoms with Gasteiger partial charge in [-0.05, 0) is 25.7 Å². The minimum absolute atomic E-state index is 0.222. The Morgan fingerprint density at radius 3 is 2.81 bits per heavy atom. The van der Waals surface area contributed by atoms with E-state index in [-0.39, 0.29) is 5.91 Å². The van der Waals surface area contributed by atoms with Crippen LogP contribution in [0.3, 0.4) is 0 Å². The molecule has 0 spiro atoms. The van der Waals surface area contributed by atoms with Crippen LogP contribution in [0, 0.1) is 0 Å². The minimum atomic E-state index is 0.222. The van der Waals surface area contributed by atoms with Crippen molar-refractivity contribution >= 4 is 23.3 Å². The van der Waals surface area contributed by atoms with Gasteiger partial charge < -0.3 is 10.2 Å². The van der Waals surface area contributed by atoms with Gasteiger partial charge >= 0.3 is 0 Å². The van der Waals surface area contributed by atoms with E-state index in [1.165, 1.54) is 12.7 Å². The van der Waals surface area contributed by atoms with E-state index in [2.05, 4.69) is 22.2 Å². The summed E-state index contributed by atoms with van der Waals surface area (Å²) in [6.45, 7) is 4.48. The smallest absolute Gasteiger partial charge is 0.224 e. The van der Waals surface area contributed by atoms with E-state index in [0.717, 1.165) is 50.2 Å². The quantitative estimate of drug-likeness (QED) is 0.821. The highest BCUT2D eigenvalue weighted by Gasteiger charge is 2.16. The van der Waals surface area contributed by atoms with E-state index in [1.54, 1.807) is 0 Å². The molecule has 21 heavy (non-hydrogen) atoms. The van der Waals surface area contributed by atoms with E-state index in [1.807, 2.05) is 4.90 Å². The molecule has 1 saturated heterocycles. The van der Waals surface area contributed by atoms with Gasteiger partial charge in [0.05, 0.1) is 0 Å². The number of halogens is 1. The summed E-state index contributed by atoms with van der Waals surface area (Å²) >= 11 is 6.11. The average molecular weight is 311 g/mol. The molecule has 0 bridgehead atoms. The predicted molar refractivity (Wildman–Crippen MR) is 84.6 cm³/mol. The Labute approximate surface area is 131 Å². The molecule has 0 atom stereocenters. The predicted octanol–water partition coefficient (Wildman–Crippen LogP) is 2.90. The van der Waals surface area contributed by atoms with Crippen molar-refractivity contribution in [2.45, 2.75) is 45.4 Å². The monoisotopic (exact) mass is 310 g/mol. The molecule has 116 valence electrons. The summed E-state index contributed by atoms with van der Waals surface area (Å²) in [6.07, 6.45) is 7.25. The van der Waals surface area contributed by atoms with Crippen LogP contribution in [-0.2, 0) is 11.2 Å². The molecule has 1 amide bonds. The zero-order chi connectivity index (χ0) is 15.1. The van der Waals surface area contributed by atoms with Gasteiger partial charge in [0.1, 0.15) is 17.3 Å². The molecule has 1 aromatic heterocycles. The van der Waals surface area contributed by atoms with Crippen molar-refractivity contribution in [3.8, 4) is 0 Å². The molecule has 5 nitrogen and oxygen atoms in total. The summed E-state index contributed by atoms with van der Waals surface area (Å²) in [6, 6.07) is 0. The number of aromatic nitrogens is 2. The molecule has 1 fully saturated rings. The number of likely N-dealkylation sites (tertiary alicyclic amines) is 1. The first-order chi connectivity index (χ1) is 10.2. The highest BCUT2D eigenvalue weighted by Crippen LogP contribution is 2.21. The second-order valence-corrected chi connectivity index (χ2v) is 5.72. The fourth-order valence-electron chi connectivity index (χ4n) is 2.60. The first-order valence-electron chi connectivity index (χ1n) is 7.73. The lowest BCUT2D eigenvalue weighted by molar-refractivity contribution is -0.131. The third kappa shape index (κ3) is 4.56. The van der Waals surface area contributed by atoms with Gasteiger partial charge in [-0.2, -0.15) is 0 Å². The van der Waals surface area contributed by atoms with Crippen molar-refractivity contribution in [3.63, 3.8) is 0 Å². The van der Waals surface area contributed by atoms with E-state index >= 15 is 0 Å². The van der Waals surface area contributed by atoms with E-state index < -0.39 is 0 Å². The van der Waals surface area contributed by atoms with Crippen LogP contribution in [0.5, 0.6) is 0 Å². The zero-order valence-electron chi connectivity index (χ0n) is 12.6. The van der Waals surface area contributed by atoms with Gasteiger partial charge in [-0.1, -0.05) is 24.9 Å². The Balaban J connectivity index is 1.85. The summed E-state index contributed by atoms with van der Waals surface area (Å²) in [5, 5.41) is 3.72. The first kappa shape index (κ1) is 16.0. The number of rotatable bonds is 6. The number of nitrogens with one attached hydrogen (secondary N) is 1. The van der Waals surface area contributed by atoms with Gasteiger partial charge in [-0.15, -0.1) is 0 Å². The summed E-state index contributed by atoms with van der Waals surface area (Å²) in [5.74, 6) is 0.975. The van der Waals surface area contributed by atoms with Crippen LogP contribution < -0.4 is 5.32 Å². The molecule has 1 aromatic rings. The minimum Gasteiger partial charge on any atom is -0.369 e. The van der Waals surface area contributed by atoms with Gasteiger partial charge in [0, 0.05) is 31.6 Å². The molecule has 0 aliphatic carbocycles. The summed E-state index contributed by atoms with van der Waals surface area (Å²) in [5.41, 5.74) is 0.937. The lowest BCUT2D eigenvalue weighted by Crippen LogP contribution is -2.36. The number of piperidine rings is 1. The molecule has 0 aromatic carbocycles. The third-order valence-corrected chi connectivity index (χ3v) is 4.06. The highest BCUT2D eigenvalue weighted by molar-refractivity contribution is 6.30. The molecule has 2 rings (SSSR count). The molecule has 1 aliphatic rings. The number of nitrogens with zero attached hydrogens (tertiary/aromatic N) is 3. The van der Waals surface area contributed by atoms with Crippen LogP contribution in [0.25, 0.3) is 0 Å². The number of hydrogen-bond acceptors (Lipinski definition) is 4. The van der Waals surface area contributed by atoms with E-state index in [4.69, 9.17) is 11.6 Å². The number of carbonyl (C=O) groups excluding carboxylic acids is 1. The molecule has 2 heterocycles. The van der Waals surface area contributed by atoms with Crippen molar-refractivity contribution in [3.05, 3.63) is 17.0 Å². The summed E-state index contributed by atoms with van der Waals surface area (Å²) in [4.78, 5) is 22.3. The maximum atomic E-state index is 12.1. The normalized spacial score (nSPS) is 15.0. The Morgan fingerprint density at radius 2 is 2.10 bits per heavy atom. The second-order valence-electron chi connectivity index (χ2n) is 5.36. The van der Waals surface area contributed by atoms with E-state index in [0.29, 0.717) is 18.1 Å². The lowest BCUT2D eigenvalue weighted by Gasteiger charge is -2.26. The largest absolute Gasteiger partial charge is 0.369 e. The maximum Gasteiger partial charge on any atom is 0.224 e. The SMILES string of the molecule is CCCc1c(Cl)ncnc1NCCC(=O)N1CCCCC1. The molecule has 1 N–H and O–H groups in total. The van der Waals surface area contributed by atoms with Crippen molar-refractivity contribution in [1.82, 2.24) is 14.9 Å². The van der Waals surface area contributed by atoms with Gasteiger partial charge in [-0.25, -0.2) is 9.97 Å². The number of amides is 1. The molecule has 6 heteroatoms. The summed E-state index contributed by atoms with van der Waals surface area (Å²) in [7, 11) is 0. The van der Waals surface area contributed by atoms with Gasteiger partial charge in [0.2, 0.25) is 5.91 Å². The number of hydrogen-bond donors (Lipinski definition) is 1. The van der Waals surface area contributed by atoms with E-state index in [9.17, 15) is 4.79 Å². The van der Waals surface area contributed by atoms with Gasteiger partial charge in [0.25, 0.3) is 0 Å².